The molecule has 4 aliphatic carbocycles. The first-order valence-corrected chi connectivity index (χ1v) is 14.2. The number of rotatable bonds is 5. The Morgan fingerprint density at radius 1 is 0.970 bits per heavy atom. The first kappa shape index (κ1) is 23.3. The highest BCUT2D eigenvalue weighted by Crippen LogP contribution is 2.66. The third-order valence-electron chi connectivity index (χ3n) is 10.4. The van der Waals surface area contributed by atoms with E-state index in [4.69, 9.17) is 9.71 Å². The minimum atomic E-state index is -3.75. The van der Waals surface area contributed by atoms with Crippen molar-refractivity contribution in [2.24, 2.45) is 34.5 Å². The fraction of sp³-hybridized carbons (Fsp3) is 0.769. The van der Waals surface area contributed by atoms with Crippen LogP contribution in [-0.2, 0) is 14.3 Å². The number of hydrazine groups is 1. The van der Waals surface area contributed by atoms with Crippen molar-refractivity contribution >= 4 is 10.1 Å². The second-order valence-corrected chi connectivity index (χ2v) is 13.4. The molecule has 4 fully saturated rings. The maximum atomic E-state index is 13.1. The highest BCUT2D eigenvalue weighted by molar-refractivity contribution is 7.86. The summed E-state index contributed by atoms with van der Waals surface area (Å²) in [6, 6.07) is 7.34. The highest BCUT2D eigenvalue weighted by Gasteiger charge is 2.61. The largest absolute Gasteiger partial charge is 0.297 e. The van der Waals surface area contributed by atoms with Crippen molar-refractivity contribution in [1.29, 1.82) is 0 Å². The highest BCUT2D eigenvalue weighted by atomic mass is 32.2. The lowest BCUT2D eigenvalue weighted by molar-refractivity contribution is -0.557. The van der Waals surface area contributed by atoms with Gasteiger partial charge in [0.25, 0.3) is 10.1 Å². The van der Waals surface area contributed by atoms with E-state index in [9.17, 15) is 8.42 Å². The van der Waals surface area contributed by atoms with Crippen LogP contribution in [0.2, 0.25) is 0 Å². The van der Waals surface area contributed by atoms with Crippen molar-refractivity contribution in [3.05, 3.63) is 35.4 Å². The molecule has 0 radical (unpaired) electrons. The average molecular weight is 474 g/mol. The summed E-state index contributed by atoms with van der Waals surface area (Å²) in [4.78, 5) is 0.268. The third kappa shape index (κ3) is 3.83. The van der Waals surface area contributed by atoms with Crippen molar-refractivity contribution in [2.45, 2.75) is 95.6 Å². The fourth-order valence-electron chi connectivity index (χ4n) is 8.50. The Morgan fingerprint density at radius 3 is 2.39 bits per heavy atom. The number of hydrogen-bond donors (Lipinski definition) is 2. The lowest BCUT2D eigenvalue weighted by Gasteiger charge is -2.61. The molecule has 33 heavy (non-hydrogen) atoms. The zero-order chi connectivity index (χ0) is 23.4. The van der Waals surface area contributed by atoms with Crippen LogP contribution in [0.25, 0.3) is 5.53 Å². The van der Waals surface area contributed by atoms with Gasteiger partial charge in [-0.25, -0.2) is 0 Å². The molecule has 4 saturated carbocycles. The summed E-state index contributed by atoms with van der Waals surface area (Å²) in [6.07, 6.45) is 9.79. The van der Waals surface area contributed by atoms with Gasteiger partial charge in [0.15, 0.2) is 0 Å². The Hall–Kier alpha value is -1.47. The quantitative estimate of drug-likeness (QED) is 0.383. The molecule has 0 saturated heterocycles. The van der Waals surface area contributed by atoms with Gasteiger partial charge in [0, 0.05) is 6.04 Å². The van der Waals surface area contributed by atoms with E-state index in [1.165, 1.54) is 25.7 Å². The lowest BCUT2D eigenvalue weighted by atomic mass is 9.45. The summed E-state index contributed by atoms with van der Waals surface area (Å²) in [7, 11) is -3.75. The lowest BCUT2D eigenvalue weighted by Crippen LogP contribution is -2.78. The van der Waals surface area contributed by atoms with Crippen LogP contribution in [0.3, 0.4) is 0 Å². The van der Waals surface area contributed by atoms with Crippen LogP contribution in [0.15, 0.2) is 29.2 Å². The molecule has 0 aliphatic heterocycles. The molecule has 0 spiro atoms. The van der Waals surface area contributed by atoms with E-state index in [-0.39, 0.29) is 16.4 Å². The van der Waals surface area contributed by atoms with Gasteiger partial charge in [-0.05, 0) is 111 Å². The van der Waals surface area contributed by atoms with Crippen LogP contribution < -0.4 is 10.6 Å². The monoisotopic (exact) mass is 473 g/mol. The summed E-state index contributed by atoms with van der Waals surface area (Å²) in [5.74, 6) is 2.62. The second kappa shape index (κ2) is 8.33. The van der Waals surface area contributed by atoms with Crippen LogP contribution in [0.1, 0.15) is 77.2 Å². The normalized spacial score (nSPS) is 42.6. The van der Waals surface area contributed by atoms with E-state index in [1.807, 2.05) is 19.1 Å². The van der Waals surface area contributed by atoms with Gasteiger partial charge in [-0.3, -0.25) is 9.61 Å². The van der Waals surface area contributed by atoms with E-state index >= 15 is 0 Å². The van der Waals surface area contributed by atoms with Gasteiger partial charge < -0.3 is 0 Å². The van der Waals surface area contributed by atoms with Gasteiger partial charge in [0.2, 0.25) is 0 Å². The SMILES string of the molecule is Cc1ccc(S(=O)(=O)O[C@H]2CC[C@H]3[C@H]4CC[C@@H]5C[C@H](N[NH+]=[N-])CC[C@]5(C)[C@H]4CC[C@]23C)cc1. The van der Waals surface area contributed by atoms with Gasteiger partial charge in [-0.1, -0.05) is 31.5 Å². The topological polar surface area (TPSA) is 91.7 Å². The molecule has 0 unspecified atom stereocenters. The number of hydrogen-bond acceptors (Lipinski definition) is 3. The molecule has 6 nitrogen and oxygen atoms in total. The summed E-state index contributed by atoms with van der Waals surface area (Å²) in [6.45, 7) is 6.78. The number of nitrogens with zero attached hydrogens (tertiary/aromatic N) is 1. The van der Waals surface area contributed by atoms with Gasteiger partial charge in [-0.15, -0.1) is 0 Å². The molecular formula is C26H39N3O3S. The third-order valence-corrected chi connectivity index (χ3v) is 11.7. The van der Waals surface area contributed by atoms with Crippen LogP contribution in [-0.4, -0.2) is 20.6 Å². The van der Waals surface area contributed by atoms with E-state index in [1.54, 1.807) is 12.1 Å². The van der Waals surface area contributed by atoms with Crippen molar-refractivity contribution in [2.75, 3.05) is 0 Å². The Labute approximate surface area is 198 Å². The number of fused-ring (bicyclic) bond motifs is 5. The summed E-state index contributed by atoms with van der Waals surface area (Å²) in [5.41, 5.74) is 13.4. The molecular weight excluding hydrogens is 434 g/mol. The predicted molar refractivity (Wildman–Crippen MR) is 126 cm³/mol. The maximum absolute atomic E-state index is 13.1. The minimum absolute atomic E-state index is 0.0678. The molecule has 0 bridgehead atoms. The summed E-state index contributed by atoms with van der Waals surface area (Å²) in [5, 5.41) is 2.16. The smallest absolute Gasteiger partial charge is 0.290 e. The maximum Gasteiger partial charge on any atom is 0.297 e. The molecule has 182 valence electrons. The van der Waals surface area contributed by atoms with E-state index in [2.05, 4.69) is 24.5 Å². The Bertz CT molecular complexity index is 997. The van der Waals surface area contributed by atoms with Crippen molar-refractivity contribution in [3.63, 3.8) is 0 Å². The van der Waals surface area contributed by atoms with Crippen LogP contribution in [0.5, 0.6) is 0 Å². The number of nitrogens with one attached hydrogen (secondary N) is 2. The zero-order valence-electron chi connectivity index (χ0n) is 20.2. The van der Waals surface area contributed by atoms with Crippen LogP contribution in [0, 0.1) is 41.4 Å². The van der Waals surface area contributed by atoms with Gasteiger partial charge in [0.05, 0.1) is 11.0 Å². The first-order valence-electron chi connectivity index (χ1n) is 12.8. The van der Waals surface area contributed by atoms with Crippen LogP contribution >= 0.6 is 0 Å². The summed E-state index contributed by atoms with van der Waals surface area (Å²) >= 11 is 0. The number of aryl methyl sites for hydroxylation is 1. The Morgan fingerprint density at radius 2 is 1.67 bits per heavy atom. The van der Waals surface area contributed by atoms with Crippen LogP contribution in [0.4, 0.5) is 0 Å². The Balaban J connectivity index is 1.33. The summed E-state index contributed by atoms with van der Waals surface area (Å²) < 4.78 is 32.1. The zero-order valence-corrected chi connectivity index (χ0v) is 21.0. The molecule has 5 rings (SSSR count). The fourth-order valence-corrected chi connectivity index (χ4v) is 9.71. The molecule has 1 aromatic rings. The standard InChI is InChI=1S/C26H39N3O3S/c1-17-4-7-20(8-5-17)33(30,31)32-24-11-10-22-21-9-6-18-16-19(28-29-27)12-14-25(18,2)23(21)13-15-26(22,24)3/h4-5,7-8,18-19,21-24,29H,6,9-16H2,1-3H3,(H-,27,28)/t18-,19-,21-,22+,23+,24+,25+,26+/m1/s1. The molecule has 7 heteroatoms. The predicted octanol–water partition coefficient (Wildman–Crippen LogP) is 4.09. The molecule has 0 aromatic heterocycles. The van der Waals surface area contributed by atoms with E-state index < -0.39 is 10.1 Å². The first-order chi connectivity index (χ1) is 15.7. The molecule has 1 aromatic carbocycles. The van der Waals surface area contributed by atoms with Crippen molar-refractivity contribution in [1.82, 2.24) is 5.43 Å². The minimum Gasteiger partial charge on any atom is -0.290 e. The molecule has 0 heterocycles. The van der Waals surface area contributed by atoms with Gasteiger partial charge in [-0.2, -0.15) is 19.2 Å². The van der Waals surface area contributed by atoms with E-state index in [0.29, 0.717) is 35.1 Å². The average Bonchev–Trinajstić information content (AvgIpc) is 3.10. The molecule has 2 N–H and O–H groups in total. The van der Waals surface area contributed by atoms with Crippen molar-refractivity contribution in [3.8, 4) is 0 Å². The van der Waals surface area contributed by atoms with Gasteiger partial charge in [0.1, 0.15) is 0 Å². The number of benzene rings is 1. The van der Waals surface area contributed by atoms with E-state index in [0.717, 1.165) is 37.7 Å². The molecule has 0 amide bonds. The molecule has 4 aliphatic rings. The molecule has 8 atom stereocenters. The van der Waals surface area contributed by atoms with Gasteiger partial charge >= 0.3 is 0 Å². The second-order valence-electron chi connectivity index (χ2n) is 11.9. The Kier molecular flexibility index (Phi) is 5.88. The van der Waals surface area contributed by atoms with Crippen molar-refractivity contribution < 1.29 is 17.8 Å².